The zero-order valence-corrected chi connectivity index (χ0v) is 12.9. The summed E-state index contributed by atoms with van der Waals surface area (Å²) in [5.41, 5.74) is 1.83. The molecule has 3 nitrogen and oxygen atoms in total. The molecule has 0 aliphatic rings. The summed E-state index contributed by atoms with van der Waals surface area (Å²) < 4.78 is 11.6. The number of fused-ring (bicyclic) bond motifs is 1. The Morgan fingerprint density at radius 1 is 1.29 bits per heavy atom. The summed E-state index contributed by atoms with van der Waals surface area (Å²) in [6.07, 6.45) is 2.75. The highest BCUT2D eigenvalue weighted by atomic mass is 35.5. The molecule has 0 fully saturated rings. The zero-order valence-electron chi connectivity index (χ0n) is 12.2. The minimum absolute atomic E-state index is 0.0941. The van der Waals surface area contributed by atoms with Gasteiger partial charge in [-0.2, -0.15) is 0 Å². The van der Waals surface area contributed by atoms with E-state index < -0.39 is 0 Å². The zero-order chi connectivity index (χ0) is 14.8. The molecule has 3 aromatic rings. The number of benzene rings is 1. The van der Waals surface area contributed by atoms with Crippen molar-refractivity contribution in [2.45, 2.75) is 26.3 Å². The fraction of sp³-hybridized carbons (Fsp3) is 0.294. The largest absolute Gasteiger partial charge is 0.467 e. The van der Waals surface area contributed by atoms with Gasteiger partial charge >= 0.3 is 0 Å². The first-order valence-corrected chi connectivity index (χ1v) is 7.54. The van der Waals surface area contributed by atoms with Gasteiger partial charge in [0.25, 0.3) is 0 Å². The maximum absolute atomic E-state index is 6.20. The highest BCUT2D eigenvalue weighted by Gasteiger charge is 2.23. The molecule has 0 bridgehead atoms. The van der Waals surface area contributed by atoms with E-state index in [2.05, 4.69) is 12.2 Å². The quantitative estimate of drug-likeness (QED) is 0.714. The summed E-state index contributed by atoms with van der Waals surface area (Å²) in [6, 6.07) is 9.66. The Hall–Kier alpha value is -1.71. The average molecular weight is 304 g/mol. The third-order valence-corrected chi connectivity index (χ3v) is 3.86. The predicted molar refractivity (Wildman–Crippen MR) is 84.8 cm³/mol. The summed E-state index contributed by atoms with van der Waals surface area (Å²) in [7, 11) is 0. The van der Waals surface area contributed by atoms with E-state index >= 15 is 0 Å². The molecule has 3 rings (SSSR count). The SMILES string of the molecule is CCCNC(c1cc2cccc(Cl)c2o1)c1occc1C. The van der Waals surface area contributed by atoms with E-state index in [4.69, 9.17) is 20.4 Å². The topological polar surface area (TPSA) is 38.3 Å². The molecule has 1 unspecified atom stereocenters. The van der Waals surface area contributed by atoms with Gasteiger partial charge in [0.15, 0.2) is 5.58 Å². The predicted octanol–water partition coefficient (Wildman–Crippen LogP) is 5.08. The molecule has 0 spiro atoms. The molecular weight excluding hydrogens is 286 g/mol. The van der Waals surface area contributed by atoms with Gasteiger partial charge in [-0.15, -0.1) is 0 Å². The molecule has 4 heteroatoms. The molecule has 2 aromatic heterocycles. The van der Waals surface area contributed by atoms with Crippen LogP contribution in [0.5, 0.6) is 0 Å². The van der Waals surface area contributed by atoms with Crippen molar-refractivity contribution < 1.29 is 8.83 Å². The molecule has 0 amide bonds. The smallest absolute Gasteiger partial charge is 0.152 e. The number of hydrogen-bond acceptors (Lipinski definition) is 3. The molecular formula is C17H18ClNO2. The maximum atomic E-state index is 6.20. The van der Waals surface area contributed by atoms with E-state index in [0.29, 0.717) is 5.02 Å². The van der Waals surface area contributed by atoms with E-state index in [1.807, 2.05) is 37.3 Å². The Morgan fingerprint density at radius 2 is 2.14 bits per heavy atom. The Balaban J connectivity index is 2.05. The van der Waals surface area contributed by atoms with E-state index in [-0.39, 0.29) is 6.04 Å². The van der Waals surface area contributed by atoms with Crippen molar-refractivity contribution in [2.24, 2.45) is 0 Å². The molecule has 0 radical (unpaired) electrons. The van der Waals surface area contributed by atoms with Crippen LogP contribution in [0, 0.1) is 6.92 Å². The number of furan rings is 2. The van der Waals surface area contributed by atoms with Crippen LogP contribution >= 0.6 is 11.6 Å². The second-order valence-electron chi connectivity index (χ2n) is 5.16. The van der Waals surface area contributed by atoms with Crippen molar-refractivity contribution in [1.29, 1.82) is 0 Å². The Labute approximate surface area is 128 Å². The first kappa shape index (κ1) is 14.2. The molecule has 0 aliphatic carbocycles. The van der Waals surface area contributed by atoms with Gasteiger partial charge in [0, 0.05) is 5.39 Å². The second-order valence-corrected chi connectivity index (χ2v) is 5.57. The Morgan fingerprint density at radius 3 is 2.81 bits per heavy atom. The fourth-order valence-electron chi connectivity index (χ4n) is 2.48. The number of halogens is 1. The number of hydrogen-bond donors (Lipinski definition) is 1. The second kappa shape index (κ2) is 5.96. The van der Waals surface area contributed by atoms with Crippen LogP contribution in [-0.4, -0.2) is 6.54 Å². The maximum Gasteiger partial charge on any atom is 0.152 e. The molecule has 0 aliphatic heterocycles. The van der Waals surface area contributed by atoms with Crippen molar-refractivity contribution in [1.82, 2.24) is 5.32 Å². The number of rotatable bonds is 5. The standard InChI is InChI=1S/C17H18ClNO2/c1-3-8-19-15(16-11(2)7-9-20-16)14-10-12-5-4-6-13(18)17(12)21-14/h4-7,9-10,15,19H,3,8H2,1-2H3. The lowest BCUT2D eigenvalue weighted by Gasteiger charge is -2.14. The molecule has 0 saturated heterocycles. The van der Waals surface area contributed by atoms with Crippen molar-refractivity contribution >= 4 is 22.6 Å². The number of para-hydroxylation sites is 1. The van der Waals surface area contributed by atoms with Crippen LogP contribution in [0.3, 0.4) is 0 Å². The Kier molecular flexibility index (Phi) is 4.04. The van der Waals surface area contributed by atoms with Gasteiger partial charge in [-0.25, -0.2) is 0 Å². The van der Waals surface area contributed by atoms with Gasteiger partial charge in [-0.05, 0) is 43.7 Å². The first-order valence-electron chi connectivity index (χ1n) is 7.16. The third-order valence-electron chi connectivity index (χ3n) is 3.56. The van der Waals surface area contributed by atoms with Crippen LogP contribution in [0.2, 0.25) is 5.02 Å². The van der Waals surface area contributed by atoms with E-state index in [9.17, 15) is 0 Å². The molecule has 1 N–H and O–H groups in total. The number of aryl methyl sites for hydroxylation is 1. The summed E-state index contributed by atoms with van der Waals surface area (Å²) in [5, 5.41) is 5.11. The fourth-order valence-corrected chi connectivity index (χ4v) is 2.70. The lowest BCUT2D eigenvalue weighted by molar-refractivity contribution is 0.397. The minimum atomic E-state index is -0.0941. The third kappa shape index (κ3) is 2.71. The highest BCUT2D eigenvalue weighted by molar-refractivity contribution is 6.34. The molecule has 2 heterocycles. The molecule has 21 heavy (non-hydrogen) atoms. The van der Waals surface area contributed by atoms with Gasteiger partial charge in [-0.1, -0.05) is 30.7 Å². The van der Waals surface area contributed by atoms with E-state index in [1.54, 1.807) is 6.26 Å². The van der Waals surface area contributed by atoms with Crippen LogP contribution in [0.4, 0.5) is 0 Å². The molecule has 110 valence electrons. The monoisotopic (exact) mass is 303 g/mol. The lowest BCUT2D eigenvalue weighted by Crippen LogP contribution is -2.22. The summed E-state index contributed by atoms with van der Waals surface area (Å²) in [5.74, 6) is 1.71. The van der Waals surface area contributed by atoms with Gasteiger partial charge < -0.3 is 14.2 Å². The van der Waals surface area contributed by atoms with Crippen molar-refractivity contribution in [2.75, 3.05) is 6.54 Å². The van der Waals surface area contributed by atoms with Crippen LogP contribution in [-0.2, 0) is 0 Å². The average Bonchev–Trinajstić information content (AvgIpc) is 3.07. The molecule has 1 atom stereocenters. The van der Waals surface area contributed by atoms with Gasteiger partial charge in [0.1, 0.15) is 17.6 Å². The molecule has 1 aromatic carbocycles. The van der Waals surface area contributed by atoms with Crippen LogP contribution in [0.15, 0.2) is 45.4 Å². The highest BCUT2D eigenvalue weighted by Crippen LogP contribution is 2.33. The van der Waals surface area contributed by atoms with Gasteiger partial charge in [-0.3, -0.25) is 0 Å². The van der Waals surface area contributed by atoms with E-state index in [0.717, 1.165) is 41.0 Å². The number of nitrogens with one attached hydrogen (secondary N) is 1. The Bertz CT molecular complexity index is 744. The summed E-state index contributed by atoms with van der Waals surface area (Å²) in [6.45, 7) is 5.05. The van der Waals surface area contributed by atoms with Gasteiger partial charge in [0.2, 0.25) is 0 Å². The van der Waals surface area contributed by atoms with Gasteiger partial charge in [0.05, 0.1) is 11.3 Å². The van der Waals surface area contributed by atoms with Crippen molar-refractivity contribution in [3.05, 3.63) is 58.7 Å². The lowest BCUT2D eigenvalue weighted by atomic mass is 10.1. The first-order chi connectivity index (χ1) is 10.2. The van der Waals surface area contributed by atoms with Crippen LogP contribution in [0.1, 0.15) is 36.5 Å². The normalized spacial score (nSPS) is 12.9. The van der Waals surface area contributed by atoms with E-state index in [1.165, 1.54) is 0 Å². The summed E-state index contributed by atoms with van der Waals surface area (Å²) >= 11 is 6.20. The van der Waals surface area contributed by atoms with Crippen LogP contribution in [0.25, 0.3) is 11.0 Å². The minimum Gasteiger partial charge on any atom is -0.467 e. The van der Waals surface area contributed by atoms with Crippen molar-refractivity contribution in [3.8, 4) is 0 Å². The van der Waals surface area contributed by atoms with Crippen LogP contribution < -0.4 is 5.32 Å². The summed E-state index contributed by atoms with van der Waals surface area (Å²) in [4.78, 5) is 0. The molecule has 0 saturated carbocycles. The van der Waals surface area contributed by atoms with Crippen molar-refractivity contribution in [3.63, 3.8) is 0 Å².